The highest BCUT2D eigenvalue weighted by Gasteiger charge is 2.23. The summed E-state index contributed by atoms with van der Waals surface area (Å²) in [6.07, 6.45) is 2.21. The molecule has 0 amide bonds. The van der Waals surface area contributed by atoms with E-state index in [-0.39, 0.29) is 5.92 Å². The lowest BCUT2D eigenvalue weighted by Gasteiger charge is -2.21. The summed E-state index contributed by atoms with van der Waals surface area (Å²) in [6, 6.07) is 5.74. The van der Waals surface area contributed by atoms with E-state index in [2.05, 4.69) is 0 Å². The van der Waals surface area contributed by atoms with Gasteiger partial charge in [0.25, 0.3) is 0 Å². The normalized spacial score (nSPS) is 20.2. The average Bonchev–Trinajstić information content (AvgIpc) is 2.16. The summed E-state index contributed by atoms with van der Waals surface area (Å²) in [5.74, 6) is -0.934. The highest BCUT2D eigenvalue weighted by molar-refractivity contribution is 6.30. The first-order valence-electron chi connectivity index (χ1n) is 4.67. The molecule has 0 fully saturated rings. The Labute approximate surface area is 87.5 Å². The van der Waals surface area contributed by atoms with E-state index in [1.165, 1.54) is 5.56 Å². The lowest BCUT2D eigenvalue weighted by atomic mass is 9.84. The summed E-state index contributed by atoms with van der Waals surface area (Å²) in [6.45, 7) is 0. The third kappa shape index (κ3) is 1.75. The lowest BCUT2D eigenvalue weighted by Crippen LogP contribution is -2.22. The van der Waals surface area contributed by atoms with Crippen LogP contribution in [0.4, 0.5) is 0 Å². The van der Waals surface area contributed by atoms with Gasteiger partial charge in [-0.05, 0) is 42.5 Å². The number of hydrogen-bond acceptors (Lipinski definition) is 1. The Bertz CT molecular complexity index is 374. The van der Waals surface area contributed by atoms with Crippen LogP contribution in [0.5, 0.6) is 0 Å². The molecular weight excluding hydrogens is 200 g/mol. The van der Waals surface area contributed by atoms with Crippen molar-refractivity contribution in [2.45, 2.75) is 19.3 Å². The van der Waals surface area contributed by atoms with Gasteiger partial charge in [0.2, 0.25) is 0 Å². The number of hydrogen-bond donors (Lipinski definition) is 1. The number of carbonyl (C=O) groups is 1. The van der Waals surface area contributed by atoms with E-state index in [9.17, 15) is 4.79 Å². The molecule has 74 valence electrons. The Morgan fingerprint density at radius 1 is 1.43 bits per heavy atom. The summed E-state index contributed by atoms with van der Waals surface area (Å²) < 4.78 is 0. The van der Waals surface area contributed by atoms with E-state index in [1.54, 1.807) is 0 Å². The third-order valence-electron chi connectivity index (χ3n) is 2.75. The molecule has 1 atom stereocenters. The summed E-state index contributed by atoms with van der Waals surface area (Å²) in [5, 5.41) is 9.59. The molecule has 0 aromatic heterocycles. The first kappa shape index (κ1) is 9.53. The maximum absolute atomic E-state index is 10.8. The molecule has 1 aliphatic rings. The molecule has 0 heterocycles. The Kier molecular flexibility index (Phi) is 2.46. The zero-order chi connectivity index (χ0) is 10.1. The van der Waals surface area contributed by atoms with Gasteiger partial charge in [-0.1, -0.05) is 17.7 Å². The van der Waals surface area contributed by atoms with Crippen molar-refractivity contribution in [3.8, 4) is 0 Å². The Balaban J connectivity index is 2.29. The van der Waals surface area contributed by atoms with Crippen molar-refractivity contribution in [3.63, 3.8) is 0 Å². The van der Waals surface area contributed by atoms with E-state index in [0.717, 1.165) is 18.4 Å². The zero-order valence-electron chi connectivity index (χ0n) is 7.66. The van der Waals surface area contributed by atoms with Crippen LogP contribution in [0.25, 0.3) is 0 Å². The van der Waals surface area contributed by atoms with E-state index in [0.29, 0.717) is 11.4 Å². The molecule has 2 nitrogen and oxygen atoms in total. The van der Waals surface area contributed by atoms with Gasteiger partial charge in [-0.15, -0.1) is 0 Å². The summed E-state index contributed by atoms with van der Waals surface area (Å²) in [5.41, 5.74) is 2.34. The van der Waals surface area contributed by atoms with E-state index >= 15 is 0 Å². The molecule has 0 radical (unpaired) electrons. The lowest BCUT2D eigenvalue weighted by molar-refractivity contribution is -0.142. The van der Waals surface area contributed by atoms with Crippen LogP contribution in [0, 0.1) is 5.92 Å². The maximum atomic E-state index is 10.8. The zero-order valence-corrected chi connectivity index (χ0v) is 8.42. The monoisotopic (exact) mass is 210 g/mol. The molecule has 0 bridgehead atoms. The van der Waals surface area contributed by atoms with Gasteiger partial charge in [0.1, 0.15) is 0 Å². The molecule has 1 aliphatic carbocycles. The second-order valence-corrected chi connectivity index (χ2v) is 4.13. The summed E-state index contributed by atoms with van der Waals surface area (Å²) in [7, 11) is 0. The van der Waals surface area contributed by atoms with Crippen LogP contribution in [-0.4, -0.2) is 11.1 Å². The van der Waals surface area contributed by atoms with Crippen LogP contribution in [0.1, 0.15) is 17.5 Å². The number of halogens is 1. The topological polar surface area (TPSA) is 37.3 Å². The van der Waals surface area contributed by atoms with Crippen LogP contribution in [0.15, 0.2) is 18.2 Å². The van der Waals surface area contributed by atoms with Crippen molar-refractivity contribution in [3.05, 3.63) is 34.3 Å². The molecule has 1 aromatic rings. The minimum atomic E-state index is -0.698. The number of carboxylic acid groups (broad SMARTS) is 1. The molecule has 1 aromatic carbocycles. The molecule has 0 saturated heterocycles. The van der Waals surface area contributed by atoms with E-state index < -0.39 is 5.97 Å². The molecule has 2 rings (SSSR count). The maximum Gasteiger partial charge on any atom is 0.306 e. The predicted octanol–water partition coefficient (Wildman–Crippen LogP) is 2.53. The Morgan fingerprint density at radius 3 is 2.93 bits per heavy atom. The van der Waals surface area contributed by atoms with Crippen molar-refractivity contribution >= 4 is 17.6 Å². The van der Waals surface area contributed by atoms with Crippen molar-refractivity contribution in [2.75, 3.05) is 0 Å². The predicted molar refractivity (Wildman–Crippen MR) is 54.6 cm³/mol. The van der Waals surface area contributed by atoms with Crippen LogP contribution in [-0.2, 0) is 17.6 Å². The van der Waals surface area contributed by atoms with Crippen molar-refractivity contribution in [1.29, 1.82) is 0 Å². The second kappa shape index (κ2) is 3.62. The van der Waals surface area contributed by atoms with Gasteiger partial charge in [0.15, 0.2) is 0 Å². The van der Waals surface area contributed by atoms with Gasteiger partial charge < -0.3 is 5.11 Å². The smallest absolute Gasteiger partial charge is 0.306 e. The first-order chi connectivity index (χ1) is 6.66. The van der Waals surface area contributed by atoms with Gasteiger partial charge in [-0.3, -0.25) is 4.79 Å². The molecule has 0 spiro atoms. The van der Waals surface area contributed by atoms with Crippen LogP contribution in [0.2, 0.25) is 5.02 Å². The van der Waals surface area contributed by atoms with Crippen LogP contribution >= 0.6 is 11.6 Å². The number of carboxylic acids is 1. The van der Waals surface area contributed by atoms with Crippen molar-refractivity contribution in [1.82, 2.24) is 0 Å². The fraction of sp³-hybridized carbons (Fsp3) is 0.364. The van der Waals surface area contributed by atoms with Gasteiger partial charge in [-0.25, -0.2) is 0 Å². The molecule has 0 aliphatic heterocycles. The fourth-order valence-corrected chi connectivity index (χ4v) is 2.13. The molecule has 0 saturated carbocycles. The summed E-state index contributed by atoms with van der Waals surface area (Å²) in [4.78, 5) is 10.8. The SMILES string of the molecule is O=C(O)C1CCc2ccc(Cl)cc2C1. The van der Waals surface area contributed by atoms with Gasteiger partial charge in [0.05, 0.1) is 5.92 Å². The van der Waals surface area contributed by atoms with E-state index in [1.807, 2.05) is 18.2 Å². The minimum absolute atomic E-state index is 0.235. The molecular formula is C11H11ClO2. The number of aliphatic carboxylic acids is 1. The fourth-order valence-electron chi connectivity index (χ4n) is 1.94. The Hall–Kier alpha value is -1.02. The number of fused-ring (bicyclic) bond motifs is 1. The number of benzene rings is 1. The van der Waals surface area contributed by atoms with Crippen LogP contribution in [0.3, 0.4) is 0 Å². The average molecular weight is 211 g/mol. The minimum Gasteiger partial charge on any atom is -0.481 e. The molecule has 3 heteroatoms. The first-order valence-corrected chi connectivity index (χ1v) is 5.04. The van der Waals surface area contributed by atoms with Crippen molar-refractivity contribution in [2.24, 2.45) is 5.92 Å². The number of rotatable bonds is 1. The van der Waals surface area contributed by atoms with Gasteiger partial charge >= 0.3 is 5.97 Å². The summed E-state index contributed by atoms with van der Waals surface area (Å²) >= 11 is 5.86. The molecule has 14 heavy (non-hydrogen) atoms. The van der Waals surface area contributed by atoms with Crippen LogP contribution < -0.4 is 0 Å². The quantitative estimate of drug-likeness (QED) is 0.774. The second-order valence-electron chi connectivity index (χ2n) is 3.69. The van der Waals surface area contributed by atoms with Gasteiger partial charge in [0, 0.05) is 5.02 Å². The largest absolute Gasteiger partial charge is 0.481 e. The number of aryl methyl sites for hydroxylation is 1. The molecule has 1 N–H and O–H groups in total. The standard InChI is InChI=1S/C11H11ClO2/c12-10-4-3-7-1-2-8(11(13)14)5-9(7)6-10/h3-4,6,8H,1-2,5H2,(H,13,14). The highest BCUT2D eigenvalue weighted by Crippen LogP contribution is 2.27. The molecule has 1 unspecified atom stereocenters. The van der Waals surface area contributed by atoms with Gasteiger partial charge in [-0.2, -0.15) is 0 Å². The van der Waals surface area contributed by atoms with Crippen molar-refractivity contribution < 1.29 is 9.90 Å². The third-order valence-corrected chi connectivity index (χ3v) is 2.98. The highest BCUT2D eigenvalue weighted by atomic mass is 35.5. The Morgan fingerprint density at radius 2 is 2.21 bits per heavy atom. The van der Waals surface area contributed by atoms with E-state index in [4.69, 9.17) is 16.7 Å².